The minimum Gasteiger partial charge on any atom is -0.370 e. The van der Waals surface area contributed by atoms with E-state index in [2.05, 4.69) is 35.6 Å². The van der Waals surface area contributed by atoms with Crippen molar-refractivity contribution in [3.63, 3.8) is 0 Å². The lowest BCUT2D eigenvalue weighted by molar-refractivity contribution is 0.869. The van der Waals surface area contributed by atoms with Gasteiger partial charge >= 0.3 is 0 Å². The van der Waals surface area contributed by atoms with Gasteiger partial charge in [-0.25, -0.2) is 0 Å². The van der Waals surface area contributed by atoms with Crippen LogP contribution in [0.15, 0.2) is 58.1 Å². The van der Waals surface area contributed by atoms with Crippen molar-refractivity contribution in [2.45, 2.75) is 27.2 Å². The van der Waals surface area contributed by atoms with Gasteiger partial charge in [0.05, 0.1) is 27.8 Å². The van der Waals surface area contributed by atoms with Crippen LogP contribution < -0.4 is 15.8 Å². The molecule has 5 heteroatoms. The van der Waals surface area contributed by atoms with Gasteiger partial charge in [-0.3, -0.25) is 9.59 Å². The van der Waals surface area contributed by atoms with Crippen molar-refractivity contribution in [3.05, 3.63) is 74.5 Å². The number of benzene rings is 3. The number of H-pyrrole nitrogens is 2. The standard InChI is InChI=1S/C26H25N3O2/c1-4-15-10-11-16-20(12-15)27-21-13-19-22(14-18(21)25(16)30)28-24-17(26(19)31)8-7-9-23(24)29(5-2)6-3/h7-14H,4-6H2,1-3H3,(H,27,30)(H,28,31). The third-order valence-corrected chi connectivity index (χ3v) is 6.30. The fourth-order valence-electron chi connectivity index (χ4n) is 4.55. The molecule has 2 N–H and O–H groups in total. The average molecular weight is 412 g/mol. The topological polar surface area (TPSA) is 69.0 Å². The Balaban J connectivity index is 1.89. The molecule has 0 fully saturated rings. The number of anilines is 1. The van der Waals surface area contributed by atoms with Crippen molar-refractivity contribution < 1.29 is 0 Å². The number of fused-ring (bicyclic) bond motifs is 4. The molecule has 31 heavy (non-hydrogen) atoms. The highest BCUT2D eigenvalue weighted by atomic mass is 16.1. The molecule has 0 amide bonds. The molecule has 2 aromatic heterocycles. The lowest BCUT2D eigenvalue weighted by atomic mass is 10.0. The normalized spacial score (nSPS) is 11.7. The first-order valence-electron chi connectivity index (χ1n) is 10.9. The minimum atomic E-state index is -0.0251. The lowest BCUT2D eigenvalue weighted by Crippen LogP contribution is -2.22. The fraction of sp³-hybridized carbons (Fsp3) is 0.231. The van der Waals surface area contributed by atoms with E-state index in [-0.39, 0.29) is 10.9 Å². The third kappa shape index (κ3) is 2.92. The molecule has 0 aliphatic rings. The molecule has 5 aromatic rings. The van der Waals surface area contributed by atoms with E-state index in [4.69, 9.17) is 0 Å². The molecule has 5 nitrogen and oxygen atoms in total. The molecule has 0 bridgehead atoms. The van der Waals surface area contributed by atoms with Crippen molar-refractivity contribution in [3.8, 4) is 0 Å². The zero-order chi connectivity index (χ0) is 21.7. The minimum absolute atomic E-state index is 0.0220. The number of hydrogen-bond donors (Lipinski definition) is 2. The first-order chi connectivity index (χ1) is 15.0. The number of rotatable bonds is 4. The van der Waals surface area contributed by atoms with Crippen molar-refractivity contribution in [1.29, 1.82) is 0 Å². The molecule has 0 unspecified atom stereocenters. The van der Waals surface area contributed by atoms with Crippen LogP contribution in [0.2, 0.25) is 0 Å². The Morgan fingerprint density at radius 2 is 1.35 bits per heavy atom. The van der Waals surface area contributed by atoms with E-state index in [9.17, 15) is 9.59 Å². The third-order valence-electron chi connectivity index (χ3n) is 6.30. The van der Waals surface area contributed by atoms with Crippen LogP contribution in [0.25, 0.3) is 43.6 Å². The van der Waals surface area contributed by atoms with Crippen LogP contribution >= 0.6 is 0 Å². The Morgan fingerprint density at radius 1 is 0.710 bits per heavy atom. The summed E-state index contributed by atoms with van der Waals surface area (Å²) in [5, 5.41) is 2.49. The monoisotopic (exact) mass is 411 g/mol. The van der Waals surface area contributed by atoms with Gasteiger partial charge in [0.1, 0.15) is 0 Å². The molecule has 0 radical (unpaired) electrons. The molecule has 0 saturated carbocycles. The van der Waals surface area contributed by atoms with Crippen LogP contribution in [-0.2, 0) is 6.42 Å². The molecule has 3 aromatic carbocycles. The number of aryl methyl sites for hydroxylation is 1. The second-order valence-corrected chi connectivity index (χ2v) is 7.96. The lowest BCUT2D eigenvalue weighted by Gasteiger charge is -2.22. The van der Waals surface area contributed by atoms with E-state index in [1.165, 1.54) is 0 Å². The van der Waals surface area contributed by atoms with Crippen LogP contribution in [0.1, 0.15) is 26.3 Å². The number of aromatic nitrogens is 2. The Hall–Kier alpha value is -3.60. The molecule has 156 valence electrons. The second kappa shape index (κ2) is 7.27. The quantitative estimate of drug-likeness (QED) is 0.405. The molecule has 0 atom stereocenters. The van der Waals surface area contributed by atoms with Crippen LogP contribution in [0, 0.1) is 0 Å². The zero-order valence-corrected chi connectivity index (χ0v) is 18.0. The molecular formula is C26H25N3O2. The van der Waals surface area contributed by atoms with Crippen LogP contribution in [0.4, 0.5) is 5.69 Å². The summed E-state index contributed by atoms with van der Waals surface area (Å²) in [6.45, 7) is 7.98. The van der Waals surface area contributed by atoms with E-state index >= 15 is 0 Å². The number of nitrogens with zero attached hydrogens (tertiary/aromatic N) is 1. The number of pyridine rings is 2. The first-order valence-corrected chi connectivity index (χ1v) is 10.9. The largest absolute Gasteiger partial charge is 0.370 e. The van der Waals surface area contributed by atoms with Gasteiger partial charge in [0.2, 0.25) is 0 Å². The molecule has 0 saturated heterocycles. The summed E-state index contributed by atoms with van der Waals surface area (Å²) < 4.78 is 0. The highest BCUT2D eigenvalue weighted by Crippen LogP contribution is 2.27. The van der Waals surface area contributed by atoms with Crippen molar-refractivity contribution in [2.24, 2.45) is 0 Å². The van der Waals surface area contributed by atoms with Gasteiger partial charge in [-0.15, -0.1) is 0 Å². The Bertz CT molecular complexity index is 1590. The highest BCUT2D eigenvalue weighted by Gasteiger charge is 2.14. The molecule has 0 spiro atoms. The Labute approximate surface area is 179 Å². The van der Waals surface area contributed by atoms with Gasteiger partial charge < -0.3 is 14.9 Å². The first kappa shape index (κ1) is 19.4. The number of aromatic amines is 2. The molecule has 0 aliphatic heterocycles. The number of para-hydroxylation sites is 1. The van der Waals surface area contributed by atoms with Gasteiger partial charge in [0.25, 0.3) is 0 Å². The molecule has 5 rings (SSSR count). The zero-order valence-electron chi connectivity index (χ0n) is 18.0. The number of hydrogen-bond acceptors (Lipinski definition) is 3. The molecule has 0 aliphatic carbocycles. The molecule has 2 heterocycles. The van der Waals surface area contributed by atoms with Crippen molar-refractivity contribution in [2.75, 3.05) is 18.0 Å². The van der Waals surface area contributed by atoms with Gasteiger partial charge in [0, 0.05) is 34.6 Å². The fourth-order valence-corrected chi connectivity index (χ4v) is 4.55. The number of nitrogens with one attached hydrogen (secondary N) is 2. The summed E-state index contributed by atoms with van der Waals surface area (Å²) in [5.74, 6) is 0. The molecular weight excluding hydrogens is 386 g/mol. The van der Waals surface area contributed by atoms with Gasteiger partial charge in [0.15, 0.2) is 10.9 Å². The van der Waals surface area contributed by atoms with E-state index in [1.54, 1.807) is 0 Å². The van der Waals surface area contributed by atoms with Gasteiger partial charge in [-0.05, 0) is 62.2 Å². The highest BCUT2D eigenvalue weighted by molar-refractivity contribution is 6.04. The summed E-state index contributed by atoms with van der Waals surface area (Å²) in [5.41, 5.74) is 5.10. The summed E-state index contributed by atoms with van der Waals surface area (Å²) in [6, 6.07) is 15.4. The summed E-state index contributed by atoms with van der Waals surface area (Å²) in [6.07, 6.45) is 0.897. The second-order valence-electron chi connectivity index (χ2n) is 7.96. The van der Waals surface area contributed by atoms with Crippen LogP contribution in [0.3, 0.4) is 0 Å². The van der Waals surface area contributed by atoms with Crippen LogP contribution in [-0.4, -0.2) is 23.1 Å². The maximum absolute atomic E-state index is 13.4. The Morgan fingerprint density at radius 3 is 2.03 bits per heavy atom. The van der Waals surface area contributed by atoms with E-state index in [0.717, 1.165) is 41.8 Å². The Kier molecular flexibility index (Phi) is 4.54. The maximum Gasteiger partial charge on any atom is 0.197 e. The van der Waals surface area contributed by atoms with E-state index < -0.39 is 0 Å². The summed E-state index contributed by atoms with van der Waals surface area (Å²) >= 11 is 0. The maximum atomic E-state index is 13.4. The predicted octanol–water partition coefficient (Wildman–Crippen LogP) is 5.08. The summed E-state index contributed by atoms with van der Waals surface area (Å²) in [7, 11) is 0. The van der Waals surface area contributed by atoms with Gasteiger partial charge in [-0.1, -0.05) is 19.1 Å². The van der Waals surface area contributed by atoms with Crippen LogP contribution in [0.5, 0.6) is 0 Å². The summed E-state index contributed by atoms with van der Waals surface area (Å²) in [4.78, 5) is 35.7. The van der Waals surface area contributed by atoms with E-state index in [1.807, 2.05) is 48.5 Å². The van der Waals surface area contributed by atoms with Crippen molar-refractivity contribution in [1.82, 2.24) is 9.97 Å². The van der Waals surface area contributed by atoms with Gasteiger partial charge in [-0.2, -0.15) is 0 Å². The SMILES string of the molecule is CCc1ccc2c(=O)c3cc4[nH]c5c(N(CC)CC)cccc5c(=O)c4cc3[nH]c2c1. The smallest absolute Gasteiger partial charge is 0.197 e. The van der Waals surface area contributed by atoms with Crippen molar-refractivity contribution >= 4 is 49.3 Å². The van der Waals surface area contributed by atoms with E-state index in [0.29, 0.717) is 32.6 Å². The average Bonchev–Trinajstić information content (AvgIpc) is 2.79. The predicted molar refractivity (Wildman–Crippen MR) is 131 cm³/mol.